The minimum Gasteiger partial charge on any atom is -0.378 e. The molecule has 1 heterocycles. The summed E-state index contributed by atoms with van der Waals surface area (Å²) in [5.41, 5.74) is 2.17. The number of carbonyl (C=O) groups is 1. The first kappa shape index (κ1) is 15.6. The number of rotatable bonds is 5. The lowest BCUT2D eigenvalue weighted by Gasteiger charge is -2.29. The Morgan fingerprint density at radius 2 is 1.90 bits per heavy atom. The van der Waals surface area contributed by atoms with E-state index < -0.39 is 0 Å². The average molecular weight is 291 g/mol. The van der Waals surface area contributed by atoms with Gasteiger partial charge < -0.3 is 19.9 Å². The zero-order chi connectivity index (χ0) is 15.2. The third kappa shape index (κ3) is 4.36. The molecular weight excluding hydrogens is 266 g/mol. The molecule has 0 bridgehead atoms. The fourth-order valence-corrected chi connectivity index (χ4v) is 2.20. The van der Waals surface area contributed by atoms with Gasteiger partial charge in [-0.3, -0.25) is 4.79 Å². The molecule has 0 atom stereocenters. The standard InChI is InChI=1S/C16H25N3O2/c1-13(2)18(3)16(20)12-17-14-4-6-15(7-5-14)19-8-10-21-11-9-19/h4-7,13,17H,8-12H2,1-3H3. The van der Waals surface area contributed by atoms with Crippen LogP contribution in [0.15, 0.2) is 24.3 Å². The molecule has 1 fully saturated rings. The maximum absolute atomic E-state index is 11.9. The Bertz CT molecular complexity index is 453. The van der Waals surface area contributed by atoms with Crippen molar-refractivity contribution in [1.82, 2.24) is 4.90 Å². The zero-order valence-electron chi connectivity index (χ0n) is 13.1. The topological polar surface area (TPSA) is 44.8 Å². The lowest BCUT2D eigenvalue weighted by molar-refractivity contribution is -0.129. The summed E-state index contributed by atoms with van der Waals surface area (Å²) in [5.74, 6) is 0.0993. The SMILES string of the molecule is CC(C)N(C)C(=O)CNc1ccc(N2CCOCC2)cc1. The van der Waals surface area contributed by atoms with Crippen molar-refractivity contribution in [3.05, 3.63) is 24.3 Å². The van der Waals surface area contributed by atoms with E-state index in [-0.39, 0.29) is 11.9 Å². The summed E-state index contributed by atoms with van der Waals surface area (Å²) in [4.78, 5) is 16.0. The molecule has 2 rings (SSSR count). The smallest absolute Gasteiger partial charge is 0.241 e. The highest BCUT2D eigenvalue weighted by atomic mass is 16.5. The number of amides is 1. The second kappa shape index (κ2) is 7.31. The molecule has 0 spiro atoms. The first-order chi connectivity index (χ1) is 10.1. The summed E-state index contributed by atoms with van der Waals surface area (Å²) < 4.78 is 5.36. The van der Waals surface area contributed by atoms with Crippen LogP contribution in [0, 0.1) is 0 Å². The summed E-state index contributed by atoms with van der Waals surface area (Å²) in [6.07, 6.45) is 0. The molecule has 1 aromatic carbocycles. The van der Waals surface area contributed by atoms with Crippen LogP contribution in [0.25, 0.3) is 0 Å². The van der Waals surface area contributed by atoms with Crippen LogP contribution in [0.3, 0.4) is 0 Å². The van der Waals surface area contributed by atoms with Gasteiger partial charge in [0.2, 0.25) is 5.91 Å². The molecule has 21 heavy (non-hydrogen) atoms. The highest BCUT2D eigenvalue weighted by Gasteiger charge is 2.12. The fraction of sp³-hybridized carbons (Fsp3) is 0.562. The molecular formula is C16H25N3O2. The second-order valence-corrected chi connectivity index (χ2v) is 5.60. The summed E-state index contributed by atoms with van der Waals surface area (Å²) in [6.45, 7) is 7.79. The van der Waals surface area contributed by atoms with E-state index in [2.05, 4.69) is 22.3 Å². The van der Waals surface area contributed by atoms with Crippen LogP contribution >= 0.6 is 0 Å². The summed E-state index contributed by atoms with van der Waals surface area (Å²) in [7, 11) is 1.83. The minimum absolute atomic E-state index is 0.0993. The normalized spacial score (nSPS) is 15.1. The van der Waals surface area contributed by atoms with Crippen molar-refractivity contribution in [1.29, 1.82) is 0 Å². The van der Waals surface area contributed by atoms with Gasteiger partial charge in [0, 0.05) is 37.6 Å². The molecule has 1 amide bonds. The summed E-state index contributed by atoms with van der Waals surface area (Å²) in [5, 5.41) is 3.18. The van der Waals surface area contributed by atoms with Crippen LogP contribution in [-0.2, 0) is 9.53 Å². The van der Waals surface area contributed by atoms with E-state index in [9.17, 15) is 4.79 Å². The van der Waals surface area contributed by atoms with E-state index in [4.69, 9.17) is 4.74 Å². The van der Waals surface area contributed by atoms with Gasteiger partial charge in [-0.15, -0.1) is 0 Å². The summed E-state index contributed by atoms with van der Waals surface area (Å²) >= 11 is 0. The number of ether oxygens (including phenoxy) is 1. The Morgan fingerprint density at radius 1 is 1.29 bits per heavy atom. The van der Waals surface area contributed by atoms with E-state index in [1.807, 2.05) is 33.0 Å². The number of nitrogens with one attached hydrogen (secondary N) is 1. The molecule has 116 valence electrons. The van der Waals surface area contributed by atoms with Crippen LogP contribution in [0.1, 0.15) is 13.8 Å². The van der Waals surface area contributed by atoms with E-state index in [0.717, 1.165) is 32.0 Å². The third-order valence-electron chi connectivity index (χ3n) is 3.86. The maximum atomic E-state index is 11.9. The Kier molecular flexibility index (Phi) is 5.44. The minimum atomic E-state index is 0.0993. The van der Waals surface area contributed by atoms with Gasteiger partial charge in [-0.1, -0.05) is 0 Å². The van der Waals surface area contributed by atoms with E-state index in [1.54, 1.807) is 4.90 Å². The molecule has 5 nitrogen and oxygen atoms in total. The van der Waals surface area contributed by atoms with E-state index in [1.165, 1.54) is 5.69 Å². The number of likely N-dealkylation sites (N-methyl/N-ethyl adjacent to an activating group) is 1. The molecule has 1 saturated heterocycles. The van der Waals surface area contributed by atoms with Crippen molar-refractivity contribution in [2.24, 2.45) is 0 Å². The molecule has 0 aromatic heterocycles. The van der Waals surface area contributed by atoms with Crippen LogP contribution in [0.2, 0.25) is 0 Å². The van der Waals surface area contributed by atoms with Crippen molar-refractivity contribution < 1.29 is 9.53 Å². The number of nitrogens with zero attached hydrogens (tertiary/aromatic N) is 2. The van der Waals surface area contributed by atoms with Gasteiger partial charge in [0.1, 0.15) is 0 Å². The first-order valence-corrected chi connectivity index (χ1v) is 7.50. The van der Waals surface area contributed by atoms with Gasteiger partial charge in [0.25, 0.3) is 0 Å². The van der Waals surface area contributed by atoms with Gasteiger partial charge >= 0.3 is 0 Å². The van der Waals surface area contributed by atoms with Crippen molar-refractivity contribution in [3.8, 4) is 0 Å². The average Bonchev–Trinajstić information content (AvgIpc) is 2.53. The lowest BCUT2D eigenvalue weighted by Crippen LogP contribution is -2.37. The van der Waals surface area contributed by atoms with Gasteiger partial charge in [-0.25, -0.2) is 0 Å². The predicted molar refractivity (Wildman–Crippen MR) is 85.9 cm³/mol. The molecule has 1 aliphatic rings. The van der Waals surface area contributed by atoms with Crippen molar-refractivity contribution in [2.75, 3.05) is 50.1 Å². The molecule has 0 radical (unpaired) electrons. The molecule has 5 heteroatoms. The van der Waals surface area contributed by atoms with Gasteiger partial charge in [0.15, 0.2) is 0 Å². The number of hydrogen-bond donors (Lipinski definition) is 1. The lowest BCUT2D eigenvalue weighted by atomic mass is 10.2. The number of morpholine rings is 1. The van der Waals surface area contributed by atoms with Crippen LogP contribution in [0.5, 0.6) is 0 Å². The second-order valence-electron chi connectivity index (χ2n) is 5.60. The number of benzene rings is 1. The number of carbonyl (C=O) groups excluding carboxylic acids is 1. The van der Waals surface area contributed by atoms with Gasteiger partial charge in [-0.05, 0) is 38.1 Å². The Hall–Kier alpha value is -1.75. The van der Waals surface area contributed by atoms with Crippen LogP contribution in [0.4, 0.5) is 11.4 Å². The highest BCUT2D eigenvalue weighted by Crippen LogP contribution is 2.18. The van der Waals surface area contributed by atoms with Gasteiger partial charge in [-0.2, -0.15) is 0 Å². The van der Waals surface area contributed by atoms with Crippen LogP contribution < -0.4 is 10.2 Å². The Balaban J connectivity index is 1.86. The van der Waals surface area contributed by atoms with Gasteiger partial charge in [0.05, 0.1) is 19.8 Å². The molecule has 0 saturated carbocycles. The van der Waals surface area contributed by atoms with E-state index in [0.29, 0.717) is 6.54 Å². The number of hydrogen-bond acceptors (Lipinski definition) is 4. The highest BCUT2D eigenvalue weighted by molar-refractivity contribution is 5.81. The van der Waals surface area contributed by atoms with Crippen molar-refractivity contribution in [2.45, 2.75) is 19.9 Å². The Labute approximate surface area is 126 Å². The summed E-state index contributed by atoms with van der Waals surface area (Å²) in [6, 6.07) is 8.44. The molecule has 1 aromatic rings. The molecule has 1 aliphatic heterocycles. The molecule has 0 unspecified atom stereocenters. The fourth-order valence-electron chi connectivity index (χ4n) is 2.20. The molecule has 1 N–H and O–H groups in total. The maximum Gasteiger partial charge on any atom is 0.241 e. The van der Waals surface area contributed by atoms with Crippen molar-refractivity contribution >= 4 is 17.3 Å². The van der Waals surface area contributed by atoms with Crippen molar-refractivity contribution in [3.63, 3.8) is 0 Å². The Morgan fingerprint density at radius 3 is 2.48 bits per heavy atom. The zero-order valence-corrected chi connectivity index (χ0v) is 13.1. The quantitative estimate of drug-likeness (QED) is 0.898. The first-order valence-electron chi connectivity index (χ1n) is 7.50. The third-order valence-corrected chi connectivity index (χ3v) is 3.86. The van der Waals surface area contributed by atoms with E-state index >= 15 is 0 Å². The monoisotopic (exact) mass is 291 g/mol. The largest absolute Gasteiger partial charge is 0.378 e. The number of anilines is 2. The molecule has 0 aliphatic carbocycles. The van der Waals surface area contributed by atoms with Crippen LogP contribution in [-0.4, -0.2) is 56.7 Å². The predicted octanol–water partition coefficient (Wildman–Crippen LogP) is 1.80.